The summed E-state index contributed by atoms with van der Waals surface area (Å²) in [5.41, 5.74) is 0. The topological polar surface area (TPSA) is 9.23 Å². The number of para-hydroxylation sites is 1. The van der Waals surface area contributed by atoms with E-state index in [0.717, 1.165) is 5.75 Å². The lowest BCUT2D eigenvalue weighted by molar-refractivity contribution is 0.418. The summed E-state index contributed by atoms with van der Waals surface area (Å²) in [6, 6.07) is 41.0. The smallest absolute Gasteiger partial charge is 0.162 e. The highest BCUT2D eigenvalue weighted by Crippen LogP contribution is 2.55. The molecule has 0 aromatic heterocycles. The SMILES string of the molecule is COc1ccccc1[P+](c1ccccc1)(c1ccccc1)c1ccccc1.I. The molecule has 0 aliphatic heterocycles. The number of methoxy groups -OCH3 is 1. The molecule has 3 heteroatoms. The fourth-order valence-electron chi connectivity index (χ4n) is 3.73. The molecule has 0 amide bonds. The van der Waals surface area contributed by atoms with Crippen molar-refractivity contribution in [3.05, 3.63) is 115 Å². The van der Waals surface area contributed by atoms with E-state index >= 15 is 0 Å². The molecular formula is C25H23IOP+. The number of hydrogen-bond acceptors (Lipinski definition) is 1. The Hall–Kier alpha value is -2.16. The molecule has 0 aliphatic carbocycles. The standard InChI is InChI=1S/C25H22OP.HI/c1-26-24-19-11-12-20-25(24)27(21-13-5-2-6-14-21,22-15-7-3-8-16-22)23-17-9-4-10-18-23;/h2-20H,1H3;1H/q+1;. The van der Waals surface area contributed by atoms with Crippen LogP contribution in [0.2, 0.25) is 0 Å². The van der Waals surface area contributed by atoms with Crippen molar-refractivity contribution >= 4 is 52.5 Å². The average molecular weight is 497 g/mol. The summed E-state index contributed by atoms with van der Waals surface area (Å²) in [4.78, 5) is 0. The van der Waals surface area contributed by atoms with Crippen molar-refractivity contribution in [2.45, 2.75) is 0 Å². The van der Waals surface area contributed by atoms with Gasteiger partial charge in [-0.15, -0.1) is 24.0 Å². The Morgan fingerprint density at radius 3 is 1.25 bits per heavy atom. The summed E-state index contributed by atoms with van der Waals surface area (Å²) in [5, 5.41) is 5.22. The molecule has 0 atom stereocenters. The van der Waals surface area contributed by atoms with Crippen molar-refractivity contribution in [1.82, 2.24) is 0 Å². The molecule has 4 aromatic carbocycles. The number of hydrogen-bond donors (Lipinski definition) is 0. The van der Waals surface area contributed by atoms with Gasteiger partial charge in [-0.1, -0.05) is 66.7 Å². The van der Waals surface area contributed by atoms with Gasteiger partial charge in [0.1, 0.15) is 23.2 Å². The molecule has 0 fully saturated rings. The molecule has 0 unspecified atom stereocenters. The predicted molar refractivity (Wildman–Crippen MR) is 133 cm³/mol. The van der Waals surface area contributed by atoms with E-state index in [2.05, 4.69) is 109 Å². The maximum absolute atomic E-state index is 5.84. The van der Waals surface area contributed by atoms with E-state index < -0.39 is 7.26 Å². The summed E-state index contributed by atoms with van der Waals surface area (Å²) in [7, 11) is -0.326. The quantitative estimate of drug-likeness (QED) is 0.281. The maximum Gasteiger partial charge on any atom is 0.162 e. The number of ether oxygens (including phenoxy) is 1. The van der Waals surface area contributed by atoms with Gasteiger partial charge >= 0.3 is 0 Å². The molecule has 0 saturated carbocycles. The van der Waals surface area contributed by atoms with Gasteiger partial charge in [-0.2, -0.15) is 0 Å². The number of benzene rings is 4. The second-order valence-corrected chi connectivity index (χ2v) is 9.72. The minimum atomic E-state index is -2.08. The summed E-state index contributed by atoms with van der Waals surface area (Å²) in [6.07, 6.45) is 0. The normalized spacial score (nSPS) is 10.8. The molecule has 1 nitrogen and oxygen atoms in total. The van der Waals surface area contributed by atoms with Crippen LogP contribution in [-0.2, 0) is 0 Å². The van der Waals surface area contributed by atoms with E-state index in [0.29, 0.717) is 0 Å². The third-order valence-electron chi connectivity index (χ3n) is 4.88. The van der Waals surface area contributed by atoms with Crippen LogP contribution >= 0.6 is 31.2 Å². The Morgan fingerprint density at radius 1 is 0.500 bits per heavy atom. The molecule has 4 rings (SSSR count). The Labute approximate surface area is 184 Å². The zero-order valence-corrected chi connectivity index (χ0v) is 19.0. The number of halogens is 1. The van der Waals surface area contributed by atoms with Crippen LogP contribution < -0.4 is 26.0 Å². The summed E-state index contributed by atoms with van der Waals surface area (Å²) in [5.74, 6) is 0.933. The Morgan fingerprint density at radius 2 is 0.857 bits per heavy atom. The van der Waals surface area contributed by atoms with E-state index in [1.165, 1.54) is 21.2 Å². The van der Waals surface area contributed by atoms with Crippen molar-refractivity contribution in [2.24, 2.45) is 0 Å². The van der Waals surface area contributed by atoms with Gasteiger partial charge in [-0.25, -0.2) is 0 Å². The zero-order chi connectivity index (χ0) is 18.5. The van der Waals surface area contributed by atoms with Gasteiger partial charge < -0.3 is 4.74 Å². The molecule has 140 valence electrons. The molecule has 0 aliphatic rings. The lowest BCUT2D eigenvalue weighted by atomic mass is 10.3. The third kappa shape index (κ3) is 3.59. The summed E-state index contributed by atoms with van der Waals surface area (Å²) in [6.45, 7) is 0. The van der Waals surface area contributed by atoms with Crippen LogP contribution in [0.5, 0.6) is 5.75 Å². The Bertz CT molecular complexity index is 907. The van der Waals surface area contributed by atoms with Crippen molar-refractivity contribution in [3.63, 3.8) is 0 Å². The molecule has 0 N–H and O–H groups in total. The minimum absolute atomic E-state index is 0. The highest BCUT2D eigenvalue weighted by molar-refractivity contribution is 14.0. The Kier molecular flexibility index (Phi) is 6.88. The molecule has 0 radical (unpaired) electrons. The van der Waals surface area contributed by atoms with Gasteiger partial charge in [-0.05, 0) is 48.5 Å². The first-order valence-corrected chi connectivity index (χ1v) is 10.9. The highest BCUT2D eigenvalue weighted by atomic mass is 127. The first kappa shape index (κ1) is 20.6. The molecule has 28 heavy (non-hydrogen) atoms. The van der Waals surface area contributed by atoms with Crippen LogP contribution in [0.25, 0.3) is 0 Å². The lowest BCUT2D eigenvalue weighted by Gasteiger charge is -2.28. The van der Waals surface area contributed by atoms with Gasteiger partial charge in [0.2, 0.25) is 0 Å². The van der Waals surface area contributed by atoms with Crippen LogP contribution in [0.15, 0.2) is 115 Å². The van der Waals surface area contributed by atoms with E-state index in [1.54, 1.807) is 7.11 Å². The Balaban J connectivity index is 0.00000225. The summed E-state index contributed by atoms with van der Waals surface area (Å²) >= 11 is 0. The maximum atomic E-state index is 5.84. The van der Waals surface area contributed by atoms with Gasteiger partial charge in [0.15, 0.2) is 11.1 Å². The van der Waals surface area contributed by atoms with Crippen LogP contribution in [0.1, 0.15) is 0 Å². The first-order valence-electron chi connectivity index (χ1n) is 9.07. The lowest BCUT2D eigenvalue weighted by Crippen LogP contribution is -2.39. The molecule has 0 bridgehead atoms. The van der Waals surface area contributed by atoms with Crippen LogP contribution in [0.4, 0.5) is 0 Å². The van der Waals surface area contributed by atoms with E-state index in [1.807, 2.05) is 6.07 Å². The molecule has 0 heterocycles. The van der Waals surface area contributed by atoms with Gasteiger partial charge in [0.05, 0.1) is 7.11 Å². The van der Waals surface area contributed by atoms with Crippen LogP contribution in [-0.4, -0.2) is 7.11 Å². The second-order valence-electron chi connectivity index (χ2n) is 6.35. The van der Waals surface area contributed by atoms with Gasteiger partial charge in [-0.3, -0.25) is 0 Å². The van der Waals surface area contributed by atoms with Crippen molar-refractivity contribution < 1.29 is 4.74 Å². The summed E-state index contributed by atoms with van der Waals surface area (Å²) < 4.78 is 5.84. The molecular weight excluding hydrogens is 474 g/mol. The fourth-order valence-corrected chi connectivity index (χ4v) is 8.12. The van der Waals surface area contributed by atoms with E-state index in [9.17, 15) is 0 Å². The van der Waals surface area contributed by atoms with Gasteiger partial charge in [0, 0.05) is 0 Å². The van der Waals surface area contributed by atoms with Crippen molar-refractivity contribution in [1.29, 1.82) is 0 Å². The molecule has 0 spiro atoms. The van der Waals surface area contributed by atoms with Crippen molar-refractivity contribution in [2.75, 3.05) is 7.11 Å². The van der Waals surface area contributed by atoms with Crippen LogP contribution in [0, 0.1) is 0 Å². The average Bonchev–Trinajstić information content (AvgIpc) is 2.77. The first-order chi connectivity index (χ1) is 13.4. The molecule has 4 aromatic rings. The fraction of sp³-hybridized carbons (Fsp3) is 0.0400. The van der Waals surface area contributed by atoms with Gasteiger partial charge in [0.25, 0.3) is 0 Å². The van der Waals surface area contributed by atoms with E-state index in [4.69, 9.17) is 4.74 Å². The number of rotatable bonds is 5. The van der Waals surface area contributed by atoms with Crippen molar-refractivity contribution in [3.8, 4) is 5.75 Å². The second kappa shape index (κ2) is 9.36. The van der Waals surface area contributed by atoms with E-state index in [-0.39, 0.29) is 24.0 Å². The third-order valence-corrected chi connectivity index (χ3v) is 9.19. The largest absolute Gasteiger partial charge is 0.493 e. The molecule has 0 saturated heterocycles. The monoisotopic (exact) mass is 497 g/mol. The minimum Gasteiger partial charge on any atom is -0.493 e. The van der Waals surface area contributed by atoms with Crippen LogP contribution in [0.3, 0.4) is 0 Å². The highest BCUT2D eigenvalue weighted by Gasteiger charge is 2.49. The predicted octanol–water partition coefficient (Wildman–Crippen LogP) is 4.93. The zero-order valence-electron chi connectivity index (χ0n) is 15.7.